The number of pyridine rings is 1. The van der Waals surface area contributed by atoms with Crippen LogP contribution in [0, 0.1) is 0 Å². The summed E-state index contributed by atoms with van der Waals surface area (Å²) < 4.78 is 7.28. The first-order valence-corrected chi connectivity index (χ1v) is 10.5. The van der Waals surface area contributed by atoms with Gasteiger partial charge in [0.1, 0.15) is 5.75 Å². The molecular weight excluding hydrogens is 404 g/mol. The van der Waals surface area contributed by atoms with E-state index in [-0.39, 0.29) is 0 Å². The third-order valence-corrected chi connectivity index (χ3v) is 5.62. The van der Waals surface area contributed by atoms with Crippen molar-refractivity contribution >= 4 is 23.4 Å². The van der Waals surface area contributed by atoms with Crippen LogP contribution in [0.3, 0.4) is 0 Å². The fourth-order valence-corrected chi connectivity index (χ4v) is 3.99. The van der Waals surface area contributed by atoms with Gasteiger partial charge in [-0.1, -0.05) is 35.5 Å². The predicted molar refractivity (Wildman–Crippen MR) is 117 cm³/mol. The Labute approximate surface area is 178 Å². The topological polar surface area (TPSA) is 52.8 Å². The van der Waals surface area contributed by atoms with Crippen molar-refractivity contribution in [3.8, 4) is 22.8 Å². The number of benzene rings is 2. The maximum atomic E-state index is 6.08. The van der Waals surface area contributed by atoms with Crippen molar-refractivity contribution in [2.24, 2.45) is 0 Å². The number of thioether (sulfide) groups is 1. The first-order valence-electron chi connectivity index (χ1n) is 9.12. The highest BCUT2D eigenvalue weighted by Gasteiger charge is 2.16. The maximum absolute atomic E-state index is 6.08. The van der Waals surface area contributed by atoms with Gasteiger partial charge >= 0.3 is 0 Å². The van der Waals surface area contributed by atoms with Crippen LogP contribution in [0.25, 0.3) is 17.1 Å². The third-order valence-electron chi connectivity index (χ3n) is 4.44. The summed E-state index contributed by atoms with van der Waals surface area (Å²) in [6, 6.07) is 19.7. The molecule has 29 heavy (non-hydrogen) atoms. The molecule has 0 fully saturated rings. The Hall–Kier alpha value is -2.83. The van der Waals surface area contributed by atoms with Gasteiger partial charge in [0, 0.05) is 34.4 Å². The summed E-state index contributed by atoms with van der Waals surface area (Å²) in [6.07, 6.45) is 4.44. The van der Waals surface area contributed by atoms with Crippen molar-refractivity contribution in [1.82, 2.24) is 19.7 Å². The van der Waals surface area contributed by atoms with Crippen LogP contribution in [0.2, 0.25) is 5.02 Å². The van der Waals surface area contributed by atoms with Crippen molar-refractivity contribution < 1.29 is 4.74 Å². The minimum absolute atomic E-state index is 0.695. The Morgan fingerprint density at radius 3 is 2.34 bits per heavy atom. The van der Waals surface area contributed by atoms with Gasteiger partial charge in [0.25, 0.3) is 0 Å². The second-order valence-corrected chi connectivity index (χ2v) is 7.80. The quantitative estimate of drug-likeness (QED) is 0.377. The number of aromatic nitrogens is 4. The fraction of sp³-hybridized carbons (Fsp3) is 0.136. The van der Waals surface area contributed by atoms with Crippen LogP contribution in [0.5, 0.6) is 5.75 Å². The normalized spacial score (nSPS) is 10.8. The summed E-state index contributed by atoms with van der Waals surface area (Å²) in [5, 5.41) is 10.4. The van der Waals surface area contributed by atoms with E-state index < -0.39 is 0 Å². The summed E-state index contributed by atoms with van der Waals surface area (Å²) in [7, 11) is 1.68. The second-order valence-electron chi connectivity index (χ2n) is 6.30. The number of rotatable bonds is 7. The molecule has 0 N–H and O–H groups in total. The van der Waals surface area contributed by atoms with Gasteiger partial charge in [0.15, 0.2) is 11.0 Å². The molecule has 0 bridgehead atoms. The van der Waals surface area contributed by atoms with Gasteiger partial charge in [-0.3, -0.25) is 9.55 Å². The van der Waals surface area contributed by atoms with Crippen LogP contribution in [0.1, 0.15) is 5.56 Å². The van der Waals surface area contributed by atoms with Gasteiger partial charge in [-0.15, -0.1) is 10.2 Å². The lowest BCUT2D eigenvalue weighted by molar-refractivity contribution is 0.414. The third kappa shape index (κ3) is 4.60. The number of ether oxygens (including phenoxy) is 1. The second kappa shape index (κ2) is 9.11. The minimum Gasteiger partial charge on any atom is -0.497 e. The van der Waals surface area contributed by atoms with Crippen LogP contribution in [0.4, 0.5) is 0 Å². The molecule has 146 valence electrons. The molecule has 0 atom stereocenters. The minimum atomic E-state index is 0.695. The number of methoxy groups -OCH3 is 1. The monoisotopic (exact) mass is 422 g/mol. The first kappa shape index (κ1) is 19.5. The molecule has 0 aliphatic heterocycles. The highest BCUT2D eigenvalue weighted by atomic mass is 35.5. The van der Waals surface area contributed by atoms with E-state index in [9.17, 15) is 0 Å². The predicted octanol–water partition coefficient (Wildman–Crippen LogP) is 5.33. The van der Waals surface area contributed by atoms with Crippen LogP contribution in [0.15, 0.2) is 78.2 Å². The average Bonchev–Trinajstić information content (AvgIpc) is 3.19. The molecule has 2 aromatic carbocycles. The standard InChI is InChI=1S/C22H19ClN4OS/c1-28-20-8-2-16(3-9-20)12-15-29-22-26-25-21(17-10-13-24-14-11-17)27(22)19-6-4-18(23)5-7-19/h2-11,13-14H,12,15H2,1H3. The van der Waals surface area contributed by atoms with E-state index in [4.69, 9.17) is 16.3 Å². The summed E-state index contributed by atoms with van der Waals surface area (Å²) in [4.78, 5) is 4.10. The zero-order chi connectivity index (χ0) is 20.1. The molecule has 0 aliphatic carbocycles. The van der Waals surface area contributed by atoms with Crippen LogP contribution in [-0.2, 0) is 6.42 Å². The molecule has 0 amide bonds. The van der Waals surface area contributed by atoms with Crippen LogP contribution >= 0.6 is 23.4 Å². The number of nitrogens with zero attached hydrogens (tertiary/aromatic N) is 4. The van der Waals surface area contributed by atoms with Crippen molar-refractivity contribution in [3.05, 3.63) is 83.6 Å². The largest absolute Gasteiger partial charge is 0.497 e. The smallest absolute Gasteiger partial charge is 0.196 e. The zero-order valence-electron chi connectivity index (χ0n) is 15.8. The van der Waals surface area contributed by atoms with E-state index in [0.29, 0.717) is 5.02 Å². The van der Waals surface area contributed by atoms with Gasteiger partial charge in [-0.2, -0.15) is 0 Å². The van der Waals surface area contributed by atoms with Gasteiger partial charge in [-0.25, -0.2) is 0 Å². The maximum Gasteiger partial charge on any atom is 0.196 e. The average molecular weight is 423 g/mol. The molecule has 0 saturated carbocycles. The molecule has 7 heteroatoms. The van der Waals surface area contributed by atoms with Gasteiger partial charge < -0.3 is 4.74 Å². The zero-order valence-corrected chi connectivity index (χ0v) is 17.4. The van der Waals surface area contributed by atoms with Crippen molar-refractivity contribution in [1.29, 1.82) is 0 Å². The van der Waals surface area contributed by atoms with Crippen molar-refractivity contribution in [2.45, 2.75) is 11.6 Å². The SMILES string of the molecule is COc1ccc(CCSc2nnc(-c3ccncc3)n2-c2ccc(Cl)cc2)cc1. The molecule has 0 saturated heterocycles. The molecule has 5 nitrogen and oxygen atoms in total. The van der Waals surface area contributed by atoms with E-state index in [1.54, 1.807) is 31.3 Å². The molecule has 2 heterocycles. The van der Waals surface area contributed by atoms with E-state index in [0.717, 1.165) is 40.2 Å². The highest BCUT2D eigenvalue weighted by molar-refractivity contribution is 7.99. The van der Waals surface area contributed by atoms with E-state index in [1.807, 2.05) is 48.5 Å². The molecule has 0 aliphatic rings. The number of hydrogen-bond donors (Lipinski definition) is 0. The lowest BCUT2D eigenvalue weighted by Crippen LogP contribution is -2.00. The van der Waals surface area contributed by atoms with E-state index in [1.165, 1.54) is 5.56 Å². The molecule has 4 aromatic rings. The molecule has 0 radical (unpaired) electrons. The molecule has 4 rings (SSSR count). The lowest BCUT2D eigenvalue weighted by atomic mass is 10.2. The molecule has 2 aromatic heterocycles. The Morgan fingerprint density at radius 2 is 1.66 bits per heavy atom. The summed E-state index contributed by atoms with van der Waals surface area (Å²) in [5.74, 6) is 2.53. The summed E-state index contributed by atoms with van der Waals surface area (Å²) >= 11 is 7.76. The Morgan fingerprint density at radius 1 is 0.931 bits per heavy atom. The number of aryl methyl sites for hydroxylation is 1. The van der Waals surface area contributed by atoms with Gasteiger partial charge in [0.2, 0.25) is 0 Å². The van der Waals surface area contributed by atoms with E-state index in [2.05, 4.69) is 31.9 Å². The molecular formula is C22H19ClN4OS. The number of halogens is 1. The van der Waals surface area contributed by atoms with Gasteiger partial charge in [-0.05, 0) is 60.5 Å². The van der Waals surface area contributed by atoms with Crippen LogP contribution in [-0.4, -0.2) is 32.6 Å². The fourth-order valence-electron chi connectivity index (χ4n) is 2.93. The summed E-state index contributed by atoms with van der Waals surface area (Å²) in [6.45, 7) is 0. The van der Waals surface area contributed by atoms with Crippen LogP contribution < -0.4 is 4.74 Å². The molecule has 0 unspecified atom stereocenters. The lowest BCUT2D eigenvalue weighted by Gasteiger charge is -2.10. The Kier molecular flexibility index (Phi) is 6.12. The highest BCUT2D eigenvalue weighted by Crippen LogP contribution is 2.29. The summed E-state index contributed by atoms with van der Waals surface area (Å²) in [5.41, 5.74) is 3.19. The van der Waals surface area contributed by atoms with E-state index >= 15 is 0 Å². The Balaban J connectivity index is 1.59. The van der Waals surface area contributed by atoms with Crippen molar-refractivity contribution in [3.63, 3.8) is 0 Å². The van der Waals surface area contributed by atoms with Crippen molar-refractivity contribution in [2.75, 3.05) is 12.9 Å². The first-order chi connectivity index (χ1) is 14.2. The van der Waals surface area contributed by atoms with Gasteiger partial charge in [0.05, 0.1) is 7.11 Å². The Bertz CT molecular complexity index is 1070. The number of hydrogen-bond acceptors (Lipinski definition) is 5. The molecule has 0 spiro atoms.